The van der Waals surface area contributed by atoms with E-state index in [0.717, 1.165) is 16.2 Å². The predicted octanol–water partition coefficient (Wildman–Crippen LogP) is 6.29. The van der Waals surface area contributed by atoms with Gasteiger partial charge in [-0.2, -0.15) is 5.10 Å². The lowest BCUT2D eigenvalue weighted by Gasteiger charge is -2.11. The van der Waals surface area contributed by atoms with Crippen molar-refractivity contribution in [1.29, 1.82) is 0 Å². The Bertz CT molecular complexity index is 1380. The fourth-order valence-corrected chi connectivity index (χ4v) is 4.34. The molecule has 180 valence electrons. The number of anilines is 1. The zero-order valence-corrected chi connectivity index (χ0v) is 21.2. The Hall–Kier alpha value is -3.82. The number of hydrogen-bond acceptors (Lipinski definition) is 5. The minimum Gasteiger partial charge on any atom is -0.321 e. The van der Waals surface area contributed by atoms with E-state index in [1.807, 2.05) is 24.3 Å². The molecule has 2 N–H and O–H groups in total. The van der Waals surface area contributed by atoms with Gasteiger partial charge >= 0.3 is 0 Å². The molecule has 4 rings (SSSR count). The number of pyridine rings is 1. The smallest absolute Gasteiger partial charge is 0.273 e. The van der Waals surface area contributed by atoms with E-state index in [-0.39, 0.29) is 17.3 Å². The summed E-state index contributed by atoms with van der Waals surface area (Å²) in [5.74, 6) is -0.436. The van der Waals surface area contributed by atoms with Gasteiger partial charge in [0, 0.05) is 33.1 Å². The Morgan fingerprint density at radius 1 is 0.944 bits per heavy atom. The molecule has 0 fully saturated rings. The van der Waals surface area contributed by atoms with Crippen LogP contribution in [0.3, 0.4) is 0 Å². The second-order valence-corrected chi connectivity index (χ2v) is 9.53. The molecule has 0 aliphatic carbocycles. The first-order chi connectivity index (χ1) is 17.5. The van der Waals surface area contributed by atoms with E-state index < -0.39 is 5.91 Å². The van der Waals surface area contributed by atoms with Crippen LogP contribution in [0, 0.1) is 5.82 Å². The number of carbonyl (C=O) groups is 2. The van der Waals surface area contributed by atoms with Crippen LogP contribution in [0.4, 0.5) is 10.1 Å². The van der Waals surface area contributed by atoms with E-state index in [2.05, 4.69) is 36.8 Å². The molecule has 9 heteroatoms. The highest BCUT2D eigenvalue weighted by Crippen LogP contribution is 2.24. The molecule has 6 nitrogen and oxygen atoms in total. The van der Waals surface area contributed by atoms with Gasteiger partial charge in [-0.05, 0) is 65.7 Å². The van der Waals surface area contributed by atoms with Gasteiger partial charge in [-0.15, -0.1) is 11.8 Å². The van der Waals surface area contributed by atoms with Crippen LogP contribution in [-0.2, 0) is 5.75 Å². The molecule has 36 heavy (non-hydrogen) atoms. The van der Waals surface area contributed by atoms with Gasteiger partial charge in [-0.3, -0.25) is 14.6 Å². The average molecular weight is 563 g/mol. The summed E-state index contributed by atoms with van der Waals surface area (Å²) < 4.78 is 13.7. The van der Waals surface area contributed by atoms with E-state index in [9.17, 15) is 14.0 Å². The van der Waals surface area contributed by atoms with Gasteiger partial charge in [0.1, 0.15) is 5.82 Å². The Labute approximate surface area is 220 Å². The lowest BCUT2D eigenvalue weighted by atomic mass is 10.1. The number of hydrogen-bond donors (Lipinski definition) is 2. The van der Waals surface area contributed by atoms with Gasteiger partial charge in [-0.25, -0.2) is 9.82 Å². The van der Waals surface area contributed by atoms with Crippen LogP contribution < -0.4 is 10.7 Å². The van der Waals surface area contributed by atoms with Crippen molar-refractivity contribution in [1.82, 2.24) is 10.4 Å². The molecule has 0 radical (unpaired) electrons. The number of thioether (sulfide) groups is 1. The zero-order chi connectivity index (χ0) is 25.3. The maximum Gasteiger partial charge on any atom is 0.273 e. The molecule has 4 aromatic rings. The first-order valence-corrected chi connectivity index (χ1v) is 12.6. The van der Waals surface area contributed by atoms with E-state index >= 15 is 0 Å². The highest BCUT2D eigenvalue weighted by Gasteiger charge is 2.15. The Morgan fingerprint density at radius 2 is 1.67 bits per heavy atom. The molecule has 0 saturated heterocycles. The van der Waals surface area contributed by atoms with Crippen molar-refractivity contribution in [2.75, 3.05) is 5.32 Å². The largest absolute Gasteiger partial charge is 0.321 e. The quantitative estimate of drug-likeness (QED) is 0.150. The van der Waals surface area contributed by atoms with Gasteiger partial charge in [-0.1, -0.05) is 40.2 Å². The van der Waals surface area contributed by atoms with Gasteiger partial charge in [0.2, 0.25) is 0 Å². The van der Waals surface area contributed by atoms with Crippen LogP contribution in [-0.4, -0.2) is 23.0 Å². The molecule has 3 aromatic carbocycles. The van der Waals surface area contributed by atoms with Crippen molar-refractivity contribution in [3.05, 3.63) is 124 Å². The normalized spacial score (nSPS) is 10.8. The molecule has 2 amide bonds. The molecule has 0 saturated carbocycles. The lowest BCUT2D eigenvalue weighted by molar-refractivity contribution is 0.0956. The van der Waals surface area contributed by atoms with Crippen molar-refractivity contribution < 1.29 is 14.0 Å². The molecule has 0 aliphatic heterocycles. The van der Waals surface area contributed by atoms with E-state index in [1.54, 1.807) is 66.6 Å². The second-order valence-electron chi connectivity index (χ2n) is 7.56. The second kappa shape index (κ2) is 12.2. The van der Waals surface area contributed by atoms with Crippen molar-refractivity contribution in [2.45, 2.75) is 10.6 Å². The van der Waals surface area contributed by atoms with E-state index in [1.165, 1.54) is 18.3 Å². The number of hydrazone groups is 1. The molecule has 1 aromatic heterocycles. The monoisotopic (exact) mass is 562 g/mol. The van der Waals surface area contributed by atoms with Crippen molar-refractivity contribution >= 4 is 51.4 Å². The minimum atomic E-state index is -0.506. The maximum atomic E-state index is 13.0. The summed E-state index contributed by atoms with van der Waals surface area (Å²) >= 11 is 5.04. The van der Waals surface area contributed by atoms with Crippen LogP contribution in [0.15, 0.2) is 106 Å². The first kappa shape index (κ1) is 25.3. The molecule has 0 bridgehead atoms. The molecule has 0 spiro atoms. The summed E-state index contributed by atoms with van der Waals surface area (Å²) in [4.78, 5) is 30.7. The number of halogens is 2. The number of carbonyl (C=O) groups excluding carboxylic acids is 2. The SMILES string of the molecule is O=C(Nc1ccc(Br)cc1C(=O)N/N=C/c1ccc(F)cc1)c1ccc(CSc2ccncc2)cc1. The summed E-state index contributed by atoms with van der Waals surface area (Å²) in [6, 6.07) is 21.9. The highest BCUT2D eigenvalue weighted by atomic mass is 79.9. The lowest BCUT2D eigenvalue weighted by Crippen LogP contribution is -2.21. The predicted molar refractivity (Wildman–Crippen MR) is 144 cm³/mol. The van der Waals surface area contributed by atoms with Crippen molar-refractivity contribution in [3.63, 3.8) is 0 Å². The molecule has 0 unspecified atom stereocenters. The van der Waals surface area contributed by atoms with Gasteiger partial charge in [0.25, 0.3) is 11.8 Å². The molecular formula is C27H20BrFN4O2S. The molecule has 1 heterocycles. The van der Waals surface area contributed by atoms with Gasteiger partial charge < -0.3 is 5.32 Å². The number of nitrogens with one attached hydrogen (secondary N) is 2. The van der Waals surface area contributed by atoms with Gasteiger partial charge in [0.05, 0.1) is 17.5 Å². The van der Waals surface area contributed by atoms with Crippen molar-refractivity contribution in [3.8, 4) is 0 Å². The molecular weight excluding hydrogens is 543 g/mol. The van der Waals surface area contributed by atoms with Crippen LogP contribution in [0.1, 0.15) is 31.8 Å². The molecule has 0 atom stereocenters. The third-order valence-corrected chi connectivity index (χ3v) is 6.57. The van der Waals surface area contributed by atoms with Crippen LogP contribution in [0.5, 0.6) is 0 Å². The number of benzene rings is 3. The third kappa shape index (κ3) is 7.10. The summed E-state index contributed by atoms with van der Waals surface area (Å²) in [7, 11) is 0. The van der Waals surface area contributed by atoms with Crippen LogP contribution >= 0.6 is 27.7 Å². The Balaban J connectivity index is 1.40. The third-order valence-electron chi connectivity index (χ3n) is 5.00. The summed E-state index contributed by atoms with van der Waals surface area (Å²) in [6.07, 6.45) is 4.91. The standard InChI is InChI=1S/C27H20BrFN4O2S/c28-21-7-10-25(24(15-21)27(35)33-31-16-18-3-8-22(29)9-4-18)32-26(34)20-5-1-19(2-6-20)17-36-23-11-13-30-14-12-23/h1-16H,17H2,(H,32,34)(H,33,35)/b31-16+. The van der Waals surface area contributed by atoms with Crippen LogP contribution in [0.2, 0.25) is 0 Å². The number of amides is 2. The van der Waals surface area contributed by atoms with Gasteiger partial charge in [0.15, 0.2) is 0 Å². The molecule has 0 aliphatic rings. The summed E-state index contributed by atoms with van der Waals surface area (Å²) in [6.45, 7) is 0. The average Bonchev–Trinajstić information content (AvgIpc) is 2.90. The highest BCUT2D eigenvalue weighted by molar-refractivity contribution is 9.10. The Morgan fingerprint density at radius 3 is 2.39 bits per heavy atom. The summed E-state index contributed by atoms with van der Waals surface area (Å²) in [5.41, 5.74) is 5.19. The number of aromatic nitrogens is 1. The maximum absolute atomic E-state index is 13.0. The fourth-order valence-electron chi connectivity index (χ4n) is 3.14. The Kier molecular flexibility index (Phi) is 8.59. The van der Waals surface area contributed by atoms with Crippen LogP contribution in [0.25, 0.3) is 0 Å². The minimum absolute atomic E-state index is 0.236. The van der Waals surface area contributed by atoms with E-state index in [4.69, 9.17) is 0 Å². The topological polar surface area (TPSA) is 83.5 Å². The number of nitrogens with zero attached hydrogens (tertiary/aromatic N) is 2. The van der Waals surface area contributed by atoms with Crippen molar-refractivity contribution in [2.24, 2.45) is 5.10 Å². The fraction of sp³-hybridized carbons (Fsp3) is 0.0370. The number of rotatable bonds is 8. The van der Waals surface area contributed by atoms with E-state index in [0.29, 0.717) is 21.3 Å². The summed E-state index contributed by atoms with van der Waals surface area (Å²) in [5, 5.41) is 6.72. The first-order valence-electron chi connectivity index (χ1n) is 10.8. The zero-order valence-electron chi connectivity index (χ0n) is 18.8.